The van der Waals surface area contributed by atoms with Gasteiger partial charge < -0.3 is 4.90 Å². The van der Waals surface area contributed by atoms with Gasteiger partial charge in [0, 0.05) is 17.3 Å². The van der Waals surface area contributed by atoms with Gasteiger partial charge in [-0.25, -0.2) is 0 Å². The minimum atomic E-state index is 0.976. The Morgan fingerprint density at radius 1 is 0.857 bits per heavy atom. The molecule has 0 saturated carbocycles. The normalized spacial score (nSPS) is 14.5. The number of para-hydroxylation sites is 1. The average molecular weight is 201 g/mol. The summed E-state index contributed by atoms with van der Waals surface area (Å²) in [6.45, 7) is 0. The van der Waals surface area contributed by atoms with E-state index in [9.17, 15) is 0 Å². The Balaban J connectivity index is 2.36. The van der Waals surface area contributed by atoms with Gasteiger partial charge in [-0.15, -0.1) is 12.6 Å². The largest absolute Gasteiger partial charge is 0.323 e. The summed E-state index contributed by atoms with van der Waals surface area (Å²) in [5.74, 6) is 0. The third-order valence-electron chi connectivity index (χ3n) is 1.99. The van der Waals surface area contributed by atoms with Crippen LogP contribution in [0.25, 0.3) is 0 Å². The first-order valence-electron chi connectivity index (χ1n) is 4.46. The van der Waals surface area contributed by atoms with Gasteiger partial charge in [-0.1, -0.05) is 24.3 Å². The fraction of sp³-hybridized carbons (Fsp3) is 0. The van der Waals surface area contributed by atoms with E-state index in [-0.39, 0.29) is 0 Å². The highest BCUT2D eigenvalue weighted by Crippen LogP contribution is 2.24. The molecule has 0 N–H and O–H groups in total. The molecule has 1 aliphatic rings. The van der Waals surface area contributed by atoms with Crippen LogP contribution in [0.1, 0.15) is 0 Å². The molecule has 0 aromatic heterocycles. The minimum Gasteiger partial charge on any atom is -0.323 e. The maximum absolute atomic E-state index is 4.41. The zero-order chi connectivity index (χ0) is 9.80. The van der Waals surface area contributed by atoms with Crippen molar-refractivity contribution in [3.8, 4) is 0 Å². The molecule has 1 aromatic rings. The number of hydrogen-bond donors (Lipinski definition) is 1. The Morgan fingerprint density at radius 3 is 2.14 bits per heavy atom. The molecule has 1 aliphatic heterocycles. The molecule has 1 aromatic carbocycles. The van der Waals surface area contributed by atoms with Crippen molar-refractivity contribution in [2.75, 3.05) is 4.90 Å². The molecule has 2 rings (SSSR count). The molecule has 0 atom stereocenters. The van der Waals surface area contributed by atoms with Gasteiger partial charge in [-0.05, 0) is 24.3 Å². The smallest absolute Gasteiger partial charge is 0.0582 e. The molecule has 1 nitrogen and oxygen atoms in total. The van der Waals surface area contributed by atoms with Crippen LogP contribution in [-0.2, 0) is 0 Å². The van der Waals surface area contributed by atoms with Gasteiger partial charge in [0.25, 0.3) is 0 Å². The van der Waals surface area contributed by atoms with Gasteiger partial charge in [0.1, 0.15) is 0 Å². The summed E-state index contributed by atoms with van der Waals surface area (Å²) in [7, 11) is 0. The number of anilines is 1. The van der Waals surface area contributed by atoms with Gasteiger partial charge in [-0.3, -0.25) is 0 Å². The first kappa shape index (κ1) is 9.16. The van der Waals surface area contributed by atoms with E-state index in [4.69, 9.17) is 0 Å². The molecule has 0 spiro atoms. The fourth-order valence-electron chi connectivity index (χ4n) is 1.31. The van der Waals surface area contributed by atoms with E-state index in [1.165, 1.54) is 0 Å². The monoisotopic (exact) mass is 201 g/mol. The van der Waals surface area contributed by atoms with Gasteiger partial charge in [0.2, 0.25) is 0 Å². The van der Waals surface area contributed by atoms with Crippen LogP contribution in [0.15, 0.2) is 65.9 Å². The zero-order valence-electron chi connectivity index (χ0n) is 7.67. The van der Waals surface area contributed by atoms with E-state index in [0.29, 0.717) is 0 Å². The molecule has 0 unspecified atom stereocenters. The molecule has 1 heterocycles. The molecule has 70 valence electrons. The fourth-order valence-corrected chi connectivity index (χ4v) is 1.58. The van der Waals surface area contributed by atoms with E-state index in [0.717, 1.165) is 10.6 Å². The summed E-state index contributed by atoms with van der Waals surface area (Å²) in [5.41, 5.74) is 1.09. The van der Waals surface area contributed by atoms with Crippen LogP contribution in [0, 0.1) is 0 Å². The van der Waals surface area contributed by atoms with Crippen LogP contribution in [0.3, 0.4) is 0 Å². The first-order valence-corrected chi connectivity index (χ1v) is 4.90. The van der Waals surface area contributed by atoms with Gasteiger partial charge in [0.05, 0.1) is 5.69 Å². The van der Waals surface area contributed by atoms with Crippen LogP contribution in [0.4, 0.5) is 5.69 Å². The molecule has 0 bridgehead atoms. The van der Waals surface area contributed by atoms with Crippen LogP contribution in [0.5, 0.6) is 0 Å². The predicted molar refractivity (Wildman–Crippen MR) is 63.6 cm³/mol. The van der Waals surface area contributed by atoms with Crippen molar-refractivity contribution >= 4 is 18.3 Å². The van der Waals surface area contributed by atoms with Gasteiger partial charge >= 0.3 is 0 Å². The molecule has 2 heteroatoms. The first-order chi connectivity index (χ1) is 6.88. The van der Waals surface area contributed by atoms with E-state index >= 15 is 0 Å². The average Bonchev–Trinajstić information content (AvgIpc) is 2.47. The van der Waals surface area contributed by atoms with Crippen molar-refractivity contribution in [1.82, 2.24) is 0 Å². The van der Waals surface area contributed by atoms with Crippen molar-refractivity contribution in [3.63, 3.8) is 0 Å². The van der Waals surface area contributed by atoms with Crippen LogP contribution in [0.2, 0.25) is 0 Å². The summed E-state index contributed by atoms with van der Waals surface area (Å²) in [6.07, 6.45) is 12.0. The molecule has 0 aliphatic carbocycles. The van der Waals surface area contributed by atoms with E-state index in [2.05, 4.69) is 12.6 Å². The topological polar surface area (TPSA) is 3.24 Å². The zero-order valence-corrected chi connectivity index (χ0v) is 8.56. The molecular formula is C12H11NS. The number of benzene rings is 1. The second-order valence-electron chi connectivity index (χ2n) is 2.96. The second kappa shape index (κ2) is 4.20. The van der Waals surface area contributed by atoms with E-state index in [1.807, 2.05) is 65.9 Å². The number of allylic oxidation sites excluding steroid dienone is 4. The molecule has 0 fully saturated rings. The predicted octanol–water partition coefficient (Wildman–Crippen LogP) is 3.38. The summed E-state index contributed by atoms with van der Waals surface area (Å²) in [6, 6.07) is 8.02. The molecule has 0 saturated heterocycles. The van der Waals surface area contributed by atoms with Crippen molar-refractivity contribution in [1.29, 1.82) is 0 Å². The molecule has 0 radical (unpaired) electrons. The number of nitrogens with zero attached hydrogens (tertiary/aromatic N) is 1. The van der Waals surface area contributed by atoms with E-state index in [1.54, 1.807) is 0 Å². The lowest BCUT2D eigenvalue weighted by atomic mass is 10.3. The summed E-state index contributed by atoms with van der Waals surface area (Å²) in [4.78, 5) is 3.02. The summed E-state index contributed by atoms with van der Waals surface area (Å²) in [5, 5.41) is 0. The van der Waals surface area contributed by atoms with Crippen LogP contribution in [-0.4, -0.2) is 0 Å². The third kappa shape index (κ3) is 1.91. The number of thiol groups is 1. The Hall–Kier alpha value is -1.41. The minimum absolute atomic E-state index is 0.976. The molecule has 0 amide bonds. The van der Waals surface area contributed by atoms with Crippen molar-refractivity contribution < 1.29 is 0 Å². The van der Waals surface area contributed by atoms with Gasteiger partial charge in [0.15, 0.2) is 0 Å². The maximum Gasteiger partial charge on any atom is 0.0582 e. The van der Waals surface area contributed by atoms with Crippen LogP contribution >= 0.6 is 12.6 Å². The highest BCUT2D eigenvalue weighted by atomic mass is 32.1. The second-order valence-corrected chi connectivity index (χ2v) is 3.45. The Labute approximate surface area is 89.5 Å². The van der Waals surface area contributed by atoms with E-state index < -0.39 is 0 Å². The highest BCUT2D eigenvalue weighted by molar-refractivity contribution is 7.80. The van der Waals surface area contributed by atoms with Crippen molar-refractivity contribution in [2.24, 2.45) is 0 Å². The van der Waals surface area contributed by atoms with Crippen LogP contribution < -0.4 is 4.90 Å². The lowest BCUT2D eigenvalue weighted by Crippen LogP contribution is -2.06. The Morgan fingerprint density at radius 2 is 1.50 bits per heavy atom. The van der Waals surface area contributed by atoms with Crippen molar-refractivity contribution in [2.45, 2.75) is 4.90 Å². The highest BCUT2D eigenvalue weighted by Gasteiger charge is 2.02. The third-order valence-corrected chi connectivity index (χ3v) is 2.36. The summed E-state index contributed by atoms with van der Waals surface area (Å²) < 4.78 is 0. The van der Waals surface area contributed by atoms with Crippen molar-refractivity contribution in [3.05, 3.63) is 61.0 Å². The lowest BCUT2D eigenvalue weighted by molar-refractivity contribution is 1.23. The molecule has 14 heavy (non-hydrogen) atoms. The standard InChI is InChI=1S/C12H11NS/c14-12-8-4-3-7-11(12)13-9-5-1-2-6-10-13/h1-10,14H. The molecular weight excluding hydrogens is 190 g/mol. The Bertz CT molecular complexity index is 389. The SMILES string of the molecule is Sc1ccccc1N1C=CC=CC=C1. The lowest BCUT2D eigenvalue weighted by Gasteiger charge is -2.16. The maximum atomic E-state index is 4.41. The quantitative estimate of drug-likeness (QED) is 0.682. The van der Waals surface area contributed by atoms with Gasteiger partial charge in [-0.2, -0.15) is 0 Å². The number of rotatable bonds is 1. The summed E-state index contributed by atoms with van der Waals surface area (Å²) >= 11 is 4.41. The number of hydrogen-bond acceptors (Lipinski definition) is 2. The Kier molecular flexibility index (Phi) is 2.75.